The van der Waals surface area contributed by atoms with Gasteiger partial charge in [0.25, 0.3) is 0 Å². The summed E-state index contributed by atoms with van der Waals surface area (Å²) in [6, 6.07) is 8.70. The Morgan fingerprint density at radius 1 is 1.33 bits per heavy atom. The van der Waals surface area contributed by atoms with Gasteiger partial charge in [0.05, 0.1) is 5.52 Å². The van der Waals surface area contributed by atoms with Gasteiger partial charge in [0, 0.05) is 30.6 Å². The number of nitrogens with zero attached hydrogens (tertiary/aromatic N) is 2. The summed E-state index contributed by atoms with van der Waals surface area (Å²) in [6.45, 7) is 3.83. The number of hydrogen-bond donors (Lipinski definition) is 1. The van der Waals surface area contributed by atoms with Crippen molar-refractivity contribution in [1.82, 2.24) is 15.2 Å². The quantitative estimate of drug-likeness (QED) is 0.916. The fraction of sp³-hybridized carbons (Fsp3) is 0.500. The van der Waals surface area contributed by atoms with Gasteiger partial charge >= 0.3 is 0 Å². The summed E-state index contributed by atoms with van der Waals surface area (Å²) in [6.07, 6.45) is 7.17. The lowest BCUT2D eigenvalue weighted by Gasteiger charge is -2.32. The smallest absolute Gasteiger partial charge is 0.220 e. The van der Waals surface area contributed by atoms with Gasteiger partial charge in [-0.15, -0.1) is 0 Å². The normalized spacial score (nSPS) is 18.7. The third kappa shape index (κ3) is 3.93. The topological polar surface area (TPSA) is 45.2 Å². The molecular weight excluding hydrogens is 298 g/mol. The van der Waals surface area contributed by atoms with Crippen molar-refractivity contribution in [3.05, 3.63) is 41.6 Å². The van der Waals surface area contributed by atoms with Crippen LogP contribution in [0.25, 0.3) is 10.9 Å². The summed E-state index contributed by atoms with van der Waals surface area (Å²) in [5.74, 6) is 0.147. The predicted molar refractivity (Wildman–Crippen MR) is 97.8 cm³/mol. The number of aryl methyl sites for hydroxylation is 1. The Morgan fingerprint density at radius 3 is 3.04 bits per heavy atom. The van der Waals surface area contributed by atoms with E-state index in [4.69, 9.17) is 0 Å². The number of hydrogen-bond acceptors (Lipinski definition) is 3. The zero-order valence-corrected chi connectivity index (χ0v) is 14.7. The largest absolute Gasteiger partial charge is 0.352 e. The van der Waals surface area contributed by atoms with Crippen LogP contribution in [0.1, 0.15) is 43.2 Å². The van der Waals surface area contributed by atoms with Gasteiger partial charge in [-0.3, -0.25) is 9.78 Å². The number of likely N-dealkylation sites (tertiary alicyclic amines) is 1. The highest BCUT2D eigenvalue weighted by Gasteiger charge is 2.19. The van der Waals surface area contributed by atoms with Crippen molar-refractivity contribution in [3.63, 3.8) is 0 Å². The van der Waals surface area contributed by atoms with Crippen LogP contribution in [0.2, 0.25) is 0 Å². The fourth-order valence-electron chi connectivity index (χ4n) is 3.64. The molecular formula is C20H27N3O. The molecule has 1 aromatic heterocycles. The lowest BCUT2D eigenvalue weighted by molar-refractivity contribution is -0.121. The van der Waals surface area contributed by atoms with Gasteiger partial charge in [-0.2, -0.15) is 0 Å². The van der Waals surface area contributed by atoms with Crippen LogP contribution in [0.15, 0.2) is 30.5 Å². The minimum absolute atomic E-state index is 0.147. The van der Waals surface area contributed by atoms with Crippen molar-refractivity contribution in [2.45, 2.75) is 51.6 Å². The van der Waals surface area contributed by atoms with E-state index in [-0.39, 0.29) is 5.91 Å². The second-order valence-electron chi connectivity index (χ2n) is 6.88. The molecule has 1 N–H and O–H groups in total. The van der Waals surface area contributed by atoms with E-state index >= 15 is 0 Å². The number of carbonyl (C=O) groups is 1. The second kappa shape index (κ2) is 7.75. The number of benzene rings is 1. The number of aromatic nitrogens is 1. The molecule has 128 valence electrons. The first-order chi connectivity index (χ1) is 11.6. The molecule has 2 heterocycles. The van der Waals surface area contributed by atoms with Gasteiger partial charge in [0.2, 0.25) is 5.91 Å². The number of fused-ring (bicyclic) bond motifs is 1. The van der Waals surface area contributed by atoms with Gasteiger partial charge in [-0.05, 0) is 63.0 Å². The monoisotopic (exact) mass is 325 g/mol. The maximum atomic E-state index is 12.3. The number of pyridine rings is 1. The highest BCUT2D eigenvalue weighted by Crippen LogP contribution is 2.21. The molecule has 1 aliphatic rings. The molecule has 0 spiro atoms. The van der Waals surface area contributed by atoms with Crippen LogP contribution in [0.3, 0.4) is 0 Å². The maximum Gasteiger partial charge on any atom is 0.220 e. The summed E-state index contributed by atoms with van der Waals surface area (Å²) >= 11 is 0. The van der Waals surface area contributed by atoms with Crippen molar-refractivity contribution < 1.29 is 4.79 Å². The minimum atomic E-state index is 0.147. The molecule has 24 heavy (non-hydrogen) atoms. The zero-order valence-electron chi connectivity index (χ0n) is 14.7. The standard InChI is InChI=1S/C20H27N3O/c1-15-8-10-19-17(7-5-12-21-19)18(15)14-22-20(24)11-9-16-6-3-4-13-23(16)2/h5,7-8,10,12,16H,3-4,6,9,11,13-14H2,1-2H3,(H,22,24). The average molecular weight is 325 g/mol. The van der Waals surface area contributed by atoms with E-state index < -0.39 is 0 Å². The maximum absolute atomic E-state index is 12.3. The van der Waals surface area contributed by atoms with E-state index in [1.54, 1.807) is 6.20 Å². The molecule has 0 saturated carbocycles. The fourth-order valence-corrected chi connectivity index (χ4v) is 3.64. The summed E-state index contributed by atoms with van der Waals surface area (Å²) in [5.41, 5.74) is 3.35. The van der Waals surface area contributed by atoms with E-state index in [1.165, 1.54) is 30.4 Å². The first kappa shape index (κ1) is 16.9. The van der Waals surface area contributed by atoms with E-state index in [0.29, 0.717) is 19.0 Å². The second-order valence-corrected chi connectivity index (χ2v) is 6.88. The van der Waals surface area contributed by atoms with E-state index in [2.05, 4.69) is 41.3 Å². The third-order valence-electron chi connectivity index (χ3n) is 5.22. The number of amides is 1. The molecule has 0 radical (unpaired) electrons. The van der Waals surface area contributed by atoms with Gasteiger partial charge < -0.3 is 10.2 Å². The Morgan fingerprint density at radius 2 is 2.21 bits per heavy atom. The first-order valence-electron chi connectivity index (χ1n) is 8.95. The molecule has 2 aromatic rings. The Bertz CT molecular complexity index is 713. The molecule has 1 atom stereocenters. The number of rotatable bonds is 5. The molecule has 1 aromatic carbocycles. The van der Waals surface area contributed by atoms with Crippen LogP contribution in [0.5, 0.6) is 0 Å². The molecule has 1 saturated heterocycles. The third-order valence-corrected chi connectivity index (χ3v) is 5.22. The summed E-state index contributed by atoms with van der Waals surface area (Å²) in [5, 5.41) is 4.23. The highest BCUT2D eigenvalue weighted by atomic mass is 16.1. The van der Waals surface area contributed by atoms with Crippen LogP contribution in [-0.2, 0) is 11.3 Å². The van der Waals surface area contributed by atoms with Gasteiger partial charge in [-0.1, -0.05) is 18.6 Å². The molecule has 1 amide bonds. The van der Waals surface area contributed by atoms with Crippen molar-refractivity contribution >= 4 is 16.8 Å². The predicted octanol–water partition coefficient (Wildman–Crippen LogP) is 3.42. The number of nitrogens with one attached hydrogen (secondary N) is 1. The van der Waals surface area contributed by atoms with Crippen molar-refractivity contribution in [2.24, 2.45) is 0 Å². The molecule has 1 unspecified atom stereocenters. The van der Waals surface area contributed by atoms with Crippen molar-refractivity contribution in [3.8, 4) is 0 Å². The number of piperidine rings is 1. The molecule has 4 nitrogen and oxygen atoms in total. The molecule has 1 aliphatic heterocycles. The van der Waals surface area contributed by atoms with Crippen LogP contribution < -0.4 is 5.32 Å². The molecule has 0 bridgehead atoms. The summed E-state index contributed by atoms with van der Waals surface area (Å²) in [7, 11) is 2.17. The van der Waals surface area contributed by atoms with Crippen LogP contribution in [0, 0.1) is 6.92 Å². The van der Waals surface area contributed by atoms with Crippen LogP contribution in [-0.4, -0.2) is 35.4 Å². The van der Waals surface area contributed by atoms with Crippen LogP contribution >= 0.6 is 0 Å². The van der Waals surface area contributed by atoms with Gasteiger partial charge in [-0.25, -0.2) is 0 Å². The minimum Gasteiger partial charge on any atom is -0.352 e. The molecule has 0 aliphatic carbocycles. The SMILES string of the molecule is Cc1ccc2ncccc2c1CNC(=O)CCC1CCCCN1C. The van der Waals surface area contributed by atoms with Gasteiger partial charge in [0.15, 0.2) is 0 Å². The van der Waals surface area contributed by atoms with E-state index in [1.807, 2.05) is 12.1 Å². The summed E-state index contributed by atoms with van der Waals surface area (Å²) < 4.78 is 0. The van der Waals surface area contributed by atoms with E-state index in [9.17, 15) is 4.79 Å². The lowest BCUT2D eigenvalue weighted by atomic mass is 9.98. The van der Waals surface area contributed by atoms with Crippen LogP contribution in [0.4, 0.5) is 0 Å². The molecule has 1 fully saturated rings. The first-order valence-corrected chi connectivity index (χ1v) is 8.95. The molecule has 4 heteroatoms. The Labute approximate surface area is 144 Å². The number of carbonyl (C=O) groups excluding carboxylic acids is 1. The summed E-state index contributed by atoms with van der Waals surface area (Å²) in [4.78, 5) is 19.1. The Balaban J connectivity index is 1.57. The lowest BCUT2D eigenvalue weighted by Crippen LogP contribution is -2.37. The zero-order chi connectivity index (χ0) is 16.9. The highest BCUT2D eigenvalue weighted by molar-refractivity contribution is 5.84. The molecule has 3 rings (SSSR count). The van der Waals surface area contributed by atoms with Crippen molar-refractivity contribution in [1.29, 1.82) is 0 Å². The Hall–Kier alpha value is -1.94. The van der Waals surface area contributed by atoms with E-state index in [0.717, 1.165) is 23.9 Å². The Kier molecular flexibility index (Phi) is 5.46. The van der Waals surface area contributed by atoms with Gasteiger partial charge in [0.1, 0.15) is 0 Å². The van der Waals surface area contributed by atoms with Crippen molar-refractivity contribution in [2.75, 3.05) is 13.6 Å². The average Bonchev–Trinajstić information content (AvgIpc) is 2.60.